The van der Waals surface area contributed by atoms with E-state index in [1.807, 2.05) is 0 Å². The van der Waals surface area contributed by atoms with E-state index in [4.69, 9.17) is 9.05 Å². The Morgan fingerprint density at radius 2 is 1.88 bits per heavy atom. The van der Waals surface area contributed by atoms with Gasteiger partial charge in [0.2, 0.25) is 0 Å². The lowest BCUT2D eigenvalue weighted by Crippen LogP contribution is -2.23. The molecule has 1 fully saturated rings. The van der Waals surface area contributed by atoms with Crippen molar-refractivity contribution in [3.63, 3.8) is 0 Å². The molecule has 1 saturated carbocycles. The van der Waals surface area contributed by atoms with E-state index in [-0.39, 0.29) is 17.9 Å². The van der Waals surface area contributed by atoms with E-state index in [1.54, 1.807) is 13.8 Å². The van der Waals surface area contributed by atoms with E-state index in [9.17, 15) is 9.36 Å². The molecule has 4 nitrogen and oxygen atoms in total. The summed E-state index contributed by atoms with van der Waals surface area (Å²) in [6.45, 7) is 4.29. The van der Waals surface area contributed by atoms with Gasteiger partial charge >= 0.3 is 7.60 Å². The van der Waals surface area contributed by atoms with Gasteiger partial charge in [-0.1, -0.05) is 6.42 Å². The summed E-state index contributed by atoms with van der Waals surface area (Å²) in [6.07, 6.45) is 3.69. The predicted octanol–water partition coefficient (Wildman–Crippen LogP) is 3.01. The number of ketones is 1. The van der Waals surface area contributed by atoms with E-state index in [1.165, 1.54) is 0 Å². The highest BCUT2D eigenvalue weighted by Gasteiger charge is 2.33. The van der Waals surface area contributed by atoms with Gasteiger partial charge < -0.3 is 9.05 Å². The molecule has 1 rings (SSSR count). The molecule has 0 bridgehead atoms. The molecule has 5 heteroatoms. The average molecular weight is 248 g/mol. The third-order valence-corrected chi connectivity index (χ3v) is 4.97. The van der Waals surface area contributed by atoms with Gasteiger partial charge in [-0.05, 0) is 26.7 Å². The standard InChI is InChI=1S/C11H21O4P/c1-3-14-16(13,15-4-2)9-10-7-5-6-8-11(10)12/h10H,3-9H2,1-2H3. The van der Waals surface area contributed by atoms with Crippen molar-refractivity contribution in [2.75, 3.05) is 19.4 Å². The summed E-state index contributed by atoms with van der Waals surface area (Å²) in [5.41, 5.74) is 0. The second kappa shape index (κ2) is 6.53. The minimum Gasteiger partial charge on any atom is -0.309 e. The van der Waals surface area contributed by atoms with Crippen LogP contribution < -0.4 is 0 Å². The second-order valence-corrected chi connectivity index (χ2v) is 6.14. The first-order valence-electron chi connectivity index (χ1n) is 6.02. The van der Waals surface area contributed by atoms with E-state index in [0.717, 1.165) is 19.3 Å². The first-order valence-corrected chi connectivity index (χ1v) is 7.75. The number of hydrogen-bond donors (Lipinski definition) is 0. The van der Waals surface area contributed by atoms with Gasteiger partial charge in [-0.3, -0.25) is 9.36 Å². The summed E-state index contributed by atoms with van der Waals surface area (Å²) < 4.78 is 22.6. The molecule has 0 saturated heterocycles. The van der Waals surface area contributed by atoms with Crippen LogP contribution in [0.2, 0.25) is 0 Å². The molecule has 0 spiro atoms. The fourth-order valence-electron chi connectivity index (χ4n) is 2.05. The van der Waals surface area contributed by atoms with Crippen molar-refractivity contribution in [1.29, 1.82) is 0 Å². The Kier molecular flexibility index (Phi) is 5.67. The largest absolute Gasteiger partial charge is 0.331 e. The summed E-state index contributed by atoms with van der Waals surface area (Å²) in [5, 5.41) is 0. The van der Waals surface area contributed by atoms with Crippen molar-refractivity contribution in [2.24, 2.45) is 5.92 Å². The van der Waals surface area contributed by atoms with Crippen LogP contribution in [0.25, 0.3) is 0 Å². The van der Waals surface area contributed by atoms with Gasteiger partial charge in [-0.2, -0.15) is 0 Å². The fraction of sp³-hybridized carbons (Fsp3) is 0.909. The third kappa shape index (κ3) is 4.00. The zero-order valence-corrected chi connectivity index (χ0v) is 11.0. The van der Waals surface area contributed by atoms with Crippen molar-refractivity contribution in [3.05, 3.63) is 0 Å². The van der Waals surface area contributed by atoms with Gasteiger partial charge in [0.15, 0.2) is 0 Å². The summed E-state index contributed by atoms with van der Waals surface area (Å²) >= 11 is 0. The van der Waals surface area contributed by atoms with E-state index >= 15 is 0 Å². The van der Waals surface area contributed by atoms with Gasteiger partial charge in [-0.25, -0.2) is 0 Å². The lowest BCUT2D eigenvalue weighted by molar-refractivity contribution is -0.123. The highest BCUT2D eigenvalue weighted by molar-refractivity contribution is 7.53. The molecule has 1 unspecified atom stereocenters. The van der Waals surface area contributed by atoms with Gasteiger partial charge in [0.1, 0.15) is 5.78 Å². The molecule has 16 heavy (non-hydrogen) atoms. The molecule has 94 valence electrons. The minimum atomic E-state index is -3.05. The lowest BCUT2D eigenvalue weighted by atomic mass is 9.89. The molecule has 0 aromatic rings. The van der Waals surface area contributed by atoms with E-state index in [0.29, 0.717) is 19.6 Å². The van der Waals surface area contributed by atoms with Crippen molar-refractivity contribution in [2.45, 2.75) is 39.5 Å². The zero-order valence-electron chi connectivity index (χ0n) is 10.1. The van der Waals surface area contributed by atoms with Crippen molar-refractivity contribution < 1.29 is 18.4 Å². The Labute approximate surface area is 97.2 Å². The van der Waals surface area contributed by atoms with Crippen LogP contribution in [0.5, 0.6) is 0 Å². The number of carbonyl (C=O) groups excluding carboxylic acids is 1. The molecule has 0 aliphatic heterocycles. The number of Topliss-reactive ketones (excluding diaryl/α,β-unsaturated/α-hetero) is 1. The zero-order chi connectivity index (χ0) is 12.0. The Balaban J connectivity index is 2.59. The summed E-state index contributed by atoms with van der Waals surface area (Å²) in [6, 6.07) is 0. The molecule has 0 N–H and O–H groups in total. The van der Waals surface area contributed by atoms with Gasteiger partial charge in [0.05, 0.1) is 19.4 Å². The Bertz CT molecular complexity index is 267. The van der Waals surface area contributed by atoms with Gasteiger partial charge in [0, 0.05) is 12.3 Å². The Morgan fingerprint density at radius 1 is 1.25 bits per heavy atom. The third-order valence-electron chi connectivity index (χ3n) is 2.78. The molecule has 1 atom stereocenters. The van der Waals surface area contributed by atoms with Crippen LogP contribution in [-0.4, -0.2) is 25.2 Å². The van der Waals surface area contributed by atoms with Crippen molar-refractivity contribution >= 4 is 13.4 Å². The maximum Gasteiger partial charge on any atom is 0.331 e. The number of hydrogen-bond acceptors (Lipinski definition) is 4. The van der Waals surface area contributed by atoms with Crippen LogP contribution >= 0.6 is 7.60 Å². The van der Waals surface area contributed by atoms with E-state index < -0.39 is 7.60 Å². The summed E-state index contributed by atoms with van der Waals surface area (Å²) in [7, 11) is -3.05. The second-order valence-electron chi connectivity index (χ2n) is 4.04. The molecule has 0 aromatic carbocycles. The van der Waals surface area contributed by atoms with Crippen LogP contribution in [-0.2, 0) is 18.4 Å². The van der Waals surface area contributed by atoms with Crippen molar-refractivity contribution in [1.82, 2.24) is 0 Å². The topological polar surface area (TPSA) is 52.6 Å². The van der Waals surface area contributed by atoms with Crippen LogP contribution in [0.15, 0.2) is 0 Å². The first-order chi connectivity index (χ1) is 7.61. The summed E-state index contributed by atoms with van der Waals surface area (Å²) in [5.74, 6) is 0.0866. The first kappa shape index (κ1) is 13.9. The molecular weight excluding hydrogens is 227 g/mol. The maximum absolute atomic E-state index is 12.2. The van der Waals surface area contributed by atoms with Crippen LogP contribution in [0.1, 0.15) is 39.5 Å². The van der Waals surface area contributed by atoms with E-state index in [2.05, 4.69) is 0 Å². The van der Waals surface area contributed by atoms with Crippen LogP contribution in [0, 0.1) is 5.92 Å². The van der Waals surface area contributed by atoms with Crippen molar-refractivity contribution in [3.8, 4) is 0 Å². The fourth-order valence-corrected chi connectivity index (χ4v) is 4.05. The number of carbonyl (C=O) groups is 1. The molecule has 1 aliphatic rings. The maximum atomic E-state index is 12.2. The minimum absolute atomic E-state index is 0.127. The van der Waals surface area contributed by atoms with Crippen LogP contribution in [0.4, 0.5) is 0 Å². The number of rotatable bonds is 6. The highest BCUT2D eigenvalue weighted by Crippen LogP contribution is 2.50. The van der Waals surface area contributed by atoms with Crippen LogP contribution in [0.3, 0.4) is 0 Å². The molecule has 0 radical (unpaired) electrons. The monoisotopic (exact) mass is 248 g/mol. The quantitative estimate of drug-likeness (QED) is 0.678. The molecular formula is C11H21O4P. The SMILES string of the molecule is CCOP(=O)(CC1CCCCC1=O)OCC. The molecule has 0 aromatic heterocycles. The summed E-state index contributed by atoms with van der Waals surface area (Å²) in [4.78, 5) is 11.6. The normalized spacial score (nSPS) is 22.4. The molecule has 0 heterocycles. The Morgan fingerprint density at radius 3 is 2.38 bits per heavy atom. The predicted molar refractivity (Wildman–Crippen MR) is 62.7 cm³/mol. The smallest absolute Gasteiger partial charge is 0.309 e. The molecule has 0 amide bonds. The Hall–Kier alpha value is -0.180. The van der Waals surface area contributed by atoms with Gasteiger partial charge in [0.25, 0.3) is 0 Å². The average Bonchev–Trinajstić information content (AvgIpc) is 2.22. The molecule has 1 aliphatic carbocycles. The lowest BCUT2D eigenvalue weighted by Gasteiger charge is -2.24. The highest BCUT2D eigenvalue weighted by atomic mass is 31.2. The van der Waals surface area contributed by atoms with Gasteiger partial charge in [-0.15, -0.1) is 0 Å².